The molecule has 0 spiro atoms. The predicted molar refractivity (Wildman–Crippen MR) is 68.7 cm³/mol. The molecular formula is C13H13FN2O4. The summed E-state index contributed by atoms with van der Waals surface area (Å²) >= 11 is 0. The lowest BCUT2D eigenvalue weighted by Gasteiger charge is -2.05. The van der Waals surface area contributed by atoms with E-state index in [-0.39, 0.29) is 18.6 Å². The first kappa shape index (κ1) is 14.0. The Bertz CT molecular complexity index is 660. The zero-order valence-electron chi connectivity index (χ0n) is 10.4. The van der Waals surface area contributed by atoms with Crippen molar-refractivity contribution in [2.24, 2.45) is 5.73 Å². The number of H-pyrrole nitrogens is 1. The van der Waals surface area contributed by atoms with E-state index in [1.54, 1.807) is 0 Å². The molecule has 1 heterocycles. The van der Waals surface area contributed by atoms with Crippen molar-refractivity contribution in [1.29, 1.82) is 0 Å². The van der Waals surface area contributed by atoms with Gasteiger partial charge < -0.3 is 15.4 Å². The molecule has 0 amide bonds. The van der Waals surface area contributed by atoms with Crippen LogP contribution in [0.1, 0.15) is 12.0 Å². The molecule has 1 aromatic carbocycles. The van der Waals surface area contributed by atoms with Gasteiger partial charge in [-0.1, -0.05) is 0 Å². The van der Waals surface area contributed by atoms with E-state index >= 15 is 0 Å². The largest absolute Gasteiger partial charge is 0.480 e. The van der Waals surface area contributed by atoms with Gasteiger partial charge in [0.1, 0.15) is 11.9 Å². The highest BCUT2D eigenvalue weighted by Gasteiger charge is 2.18. The van der Waals surface area contributed by atoms with E-state index in [2.05, 4.69) is 5.16 Å². The molecule has 1 aromatic heterocycles. The molecule has 4 N–H and O–H groups in total. The molecule has 0 bridgehead atoms. The molecule has 1 unspecified atom stereocenters. The number of rotatable bonds is 5. The lowest BCUT2D eigenvalue weighted by Crippen LogP contribution is -2.30. The van der Waals surface area contributed by atoms with Gasteiger partial charge in [-0.25, -0.2) is 4.39 Å². The van der Waals surface area contributed by atoms with Crippen LogP contribution in [0.25, 0.3) is 11.3 Å². The summed E-state index contributed by atoms with van der Waals surface area (Å²) in [5.74, 6) is -1.26. The Labute approximate surface area is 113 Å². The summed E-state index contributed by atoms with van der Waals surface area (Å²) < 4.78 is 17.9. The van der Waals surface area contributed by atoms with Crippen molar-refractivity contribution in [2.75, 3.05) is 0 Å². The molecule has 20 heavy (non-hydrogen) atoms. The SMILES string of the molecule is NC(CCc1c(-c2ccc(F)cc2)o[nH]c1=O)C(=O)O. The number of nitrogens with two attached hydrogens (primary N) is 1. The van der Waals surface area contributed by atoms with Gasteiger partial charge >= 0.3 is 5.97 Å². The van der Waals surface area contributed by atoms with E-state index in [9.17, 15) is 14.0 Å². The van der Waals surface area contributed by atoms with Gasteiger partial charge in [0.15, 0.2) is 5.76 Å². The van der Waals surface area contributed by atoms with Crippen molar-refractivity contribution in [3.05, 3.63) is 46.0 Å². The number of carbonyl (C=O) groups is 1. The normalized spacial score (nSPS) is 12.3. The highest BCUT2D eigenvalue weighted by atomic mass is 19.1. The van der Waals surface area contributed by atoms with Gasteiger partial charge in [0.05, 0.1) is 5.56 Å². The third-order valence-corrected chi connectivity index (χ3v) is 2.92. The van der Waals surface area contributed by atoms with Crippen molar-refractivity contribution in [3.8, 4) is 11.3 Å². The standard InChI is InChI=1S/C13H13FN2O4/c14-8-3-1-7(2-4-8)11-9(12(17)16-20-11)5-6-10(15)13(18)19/h1-4,10H,5-6,15H2,(H,16,17)(H,18,19). The summed E-state index contributed by atoms with van der Waals surface area (Å²) in [4.78, 5) is 22.3. The molecule has 0 aliphatic rings. The highest BCUT2D eigenvalue weighted by molar-refractivity contribution is 5.73. The zero-order chi connectivity index (χ0) is 14.7. The van der Waals surface area contributed by atoms with Crippen LogP contribution < -0.4 is 11.3 Å². The van der Waals surface area contributed by atoms with Gasteiger partial charge in [-0.3, -0.25) is 9.59 Å². The highest BCUT2D eigenvalue weighted by Crippen LogP contribution is 2.22. The van der Waals surface area contributed by atoms with E-state index in [1.807, 2.05) is 0 Å². The maximum Gasteiger partial charge on any atom is 0.320 e. The Morgan fingerprint density at radius 3 is 2.65 bits per heavy atom. The lowest BCUT2D eigenvalue weighted by atomic mass is 10.0. The molecule has 106 valence electrons. The molecule has 0 saturated heterocycles. The molecular weight excluding hydrogens is 267 g/mol. The number of aromatic nitrogens is 1. The summed E-state index contributed by atoms with van der Waals surface area (Å²) in [5, 5.41) is 10.9. The van der Waals surface area contributed by atoms with E-state index in [4.69, 9.17) is 15.4 Å². The van der Waals surface area contributed by atoms with E-state index in [0.717, 1.165) is 0 Å². The summed E-state index contributed by atoms with van der Waals surface area (Å²) in [6.45, 7) is 0. The van der Waals surface area contributed by atoms with Crippen molar-refractivity contribution < 1.29 is 18.8 Å². The van der Waals surface area contributed by atoms with Crippen molar-refractivity contribution in [2.45, 2.75) is 18.9 Å². The third-order valence-electron chi connectivity index (χ3n) is 2.92. The Balaban J connectivity index is 2.26. The van der Waals surface area contributed by atoms with Crippen LogP contribution in [0.15, 0.2) is 33.6 Å². The molecule has 0 aliphatic heterocycles. The smallest absolute Gasteiger partial charge is 0.320 e. The Hall–Kier alpha value is -2.41. The number of carboxylic acids is 1. The van der Waals surface area contributed by atoms with Crippen molar-refractivity contribution >= 4 is 5.97 Å². The monoisotopic (exact) mass is 280 g/mol. The minimum atomic E-state index is -1.13. The maximum absolute atomic E-state index is 12.9. The van der Waals surface area contributed by atoms with Gasteiger partial charge in [0, 0.05) is 5.56 Å². The molecule has 0 radical (unpaired) electrons. The summed E-state index contributed by atoms with van der Waals surface area (Å²) in [6.07, 6.45) is 0.262. The second kappa shape index (κ2) is 5.70. The van der Waals surface area contributed by atoms with Gasteiger partial charge in [-0.15, -0.1) is 0 Å². The average Bonchev–Trinajstić information content (AvgIpc) is 2.78. The van der Waals surface area contributed by atoms with Crippen LogP contribution in [0.5, 0.6) is 0 Å². The number of benzene rings is 1. The number of aromatic amines is 1. The van der Waals surface area contributed by atoms with Crippen LogP contribution >= 0.6 is 0 Å². The Morgan fingerprint density at radius 2 is 2.05 bits per heavy atom. The molecule has 6 nitrogen and oxygen atoms in total. The molecule has 0 aliphatic carbocycles. The fourth-order valence-electron chi connectivity index (χ4n) is 1.81. The van der Waals surface area contributed by atoms with Crippen LogP contribution in [0, 0.1) is 5.82 Å². The van der Waals surface area contributed by atoms with Crippen LogP contribution in [0.3, 0.4) is 0 Å². The molecule has 2 aromatic rings. The van der Waals surface area contributed by atoms with Gasteiger partial charge in [-0.2, -0.15) is 5.16 Å². The minimum Gasteiger partial charge on any atom is -0.480 e. The fourth-order valence-corrected chi connectivity index (χ4v) is 1.81. The van der Waals surface area contributed by atoms with Gasteiger partial charge in [-0.05, 0) is 37.1 Å². The van der Waals surface area contributed by atoms with Gasteiger partial charge in [0.2, 0.25) is 0 Å². The lowest BCUT2D eigenvalue weighted by molar-refractivity contribution is -0.138. The number of aliphatic carboxylic acids is 1. The second-order valence-electron chi connectivity index (χ2n) is 4.33. The zero-order valence-corrected chi connectivity index (χ0v) is 10.4. The van der Waals surface area contributed by atoms with E-state index in [1.165, 1.54) is 24.3 Å². The Morgan fingerprint density at radius 1 is 1.40 bits per heavy atom. The Kier molecular flexibility index (Phi) is 3.99. The number of hydrogen-bond acceptors (Lipinski definition) is 4. The van der Waals surface area contributed by atoms with E-state index < -0.39 is 23.4 Å². The first-order valence-corrected chi connectivity index (χ1v) is 5.93. The van der Waals surface area contributed by atoms with Crippen molar-refractivity contribution in [3.63, 3.8) is 0 Å². The fraction of sp³-hybridized carbons (Fsp3) is 0.231. The second-order valence-corrected chi connectivity index (χ2v) is 4.33. The summed E-state index contributed by atoms with van der Waals surface area (Å²) in [5.41, 5.74) is 5.79. The first-order chi connectivity index (χ1) is 9.49. The number of carboxylic acid groups (broad SMARTS) is 1. The average molecular weight is 280 g/mol. The quantitative estimate of drug-likeness (QED) is 0.760. The van der Waals surface area contributed by atoms with Crippen LogP contribution in [-0.4, -0.2) is 22.3 Å². The molecule has 0 saturated carbocycles. The molecule has 2 rings (SSSR count). The predicted octanol–water partition coefficient (Wildman–Crippen LogP) is 1.12. The molecule has 7 heteroatoms. The van der Waals surface area contributed by atoms with Crippen LogP contribution in [0.4, 0.5) is 4.39 Å². The van der Waals surface area contributed by atoms with Crippen LogP contribution in [-0.2, 0) is 11.2 Å². The minimum absolute atomic E-state index is 0.103. The first-order valence-electron chi connectivity index (χ1n) is 5.93. The molecule has 0 fully saturated rings. The van der Waals surface area contributed by atoms with Crippen LogP contribution in [0.2, 0.25) is 0 Å². The summed E-state index contributed by atoms with van der Waals surface area (Å²) in [6, 6.07) is 4.39. The van der Waals surface area contributed by atoms with Gasteiger partial charge in [0.25, 0.3) is 5.56 Å². The molecule has 1 atom stereocenters. The number of halogens is 1. The van der Waals surface area contributed by atoms with Crippen molar-refractivity contribution in [1.82, 2.24) is 5.16 Å². The van der Waals surface area contributed by atoms with E-state index in [0.29, 0.717) is 11.1 Å². The maximum atomic E-state index is 12.9. The topological polar surface area (TPSA) is 109 Å². The number of nitrogens with one attached hydrogen (secondary N) is 1. The third kappa shape index (κ3) is 2.94. The number of hydrogen-bond donors (Lipinski definition) is 3. The summed E-state index contributed by atoms with van der Waals surface area (Å²) in [7, 11) is 0.